The van der Waals surface area contributed by atoms with Crippen LogP contribution in [0.15, 0.2) is 30.3 Å². The van der Waals surface area contributed by atoms with Crippen molar-refractivity contribution in [2.75, 3.05) is 6.54 Å². The van der Waals surface area contributed by atoms with E-state index in [0.29, 0.717) is 0 Å². The molecule has 1 N–H and O–H groups in total. The van der Waals surface area contributed by atoms with Crippen LogP contribution >= 0.6 is 0 Å². The van der Waals surface area contributed by atoms with Crippen LogP contribution in [0.1, 0.15) is 18.4 Å². The Kier molecular flexibility index (Phi) is 3.37. The van der Waals surface area contributed by atoms with Crippen molar-refractivity contribution in [1.29, 1.82) is 0 Å². The lowest BCUT2D eigenvalue weighted by molar-refractivity contribution is -0.192. The van der Waals surface area contributed by atoms with Gasteiger partial charge in [-0.05, 0) is 5.56 Å². The van der Waals surface area contributed by atoms with E-state index in [2.05, 4.69) is 5.32 Å². The molecule has 3 rings (SSSR count). The lowest BCUT2D eigenvalue weighted by Gasteiger charge is -2.44. The van der Waals surface area contributed by atoms with Crippen molar-refractivity contribution >= 4 is 17.8 Å². The SMILES string of the molecule is O=C1C[C@H](C(=O)OCc2ccccc2)C[C@@]2(CNC2=O)O1. The second-order valence-corrected chi connectivity index (χ2v) is 5.35. The number of esters is 2. The van der Waals surface area contributed by atoms with Crippen LogP contribution in [0.25, 0.3) is 0 Å². The summed E-state index contributed by atoms with van der Waals surface area (Å²) in [4.78, 5) is 35.2. The largest absolute Gasteiger partial charge is 0.461 e. The van der Waals surface area contributed by atoms with Gasteiger partial charge in [-0.15, -0.1) is 0 Å². The highest BCUT2D eigenvalue weighted by Gasteiger charge is 2.55. The third-order valence-corrected chi connectivity index (χ3v) is 3.80. The van der Waals surface area contributed by atoms with Crippen molar-refractivity contribution in [2.24, 2.45) is 5.92 Å². The Hall–Kier alpha value is -2.37. The van der Waals surface area contributed by atoms with Crippen LogP contribution in [0.4, 0.5) is 0 Å². The molecule has 2 saturated heterocycles. The van der Waals surface area contributed by atoms with Crippen molar-refractivity contribution < 1.29 is 23.9 Å². The third-order valence-electron chi connectivity index (χ3n) is 3.80. The summed E-state index contributed by atoms with van der Waals surface area (Å²) in [6.07, 6.45) is 0.154. The minimum Gasteiger partial charge on any atom is -0.461 e. The van der Waals surface area contributed by atoms with E-state index in [1.54, 1.807) is 0 Å². The zero-order valence-electron chi connectivity index (χ0n) is 11.3. The molecule has 0 saturated carbocycles. The first kappa shape index (κ1) is 13.6. The predicted molar refractivity (Wildman–Crippen MR) is 70.8 cm³/mol. The number of hydrogen-bond donors (Lipinski definition) is 1. The first-order valence-corrected chi connectivity index (χ1v) is 6.80. The summed E-state index contributed by atoms with van der Waals surface area (Å²) in [6, 6.07) is 9.29. The molecule has 6 heteroatoms. The second kappa shape index (κ2) is 5.20. The van der Waals surface area contributed by atoms with Crippen molar-refractivity contribution in [2.45, 2.75) is 25.0 Å². The summed E-state index contributed by atoms with van der Waals surface area (Å²) in [5.41, 5.74) is -0.286. The van der Waals surface area contributed by atoms with Gasteiger partial charge in [0.25, 0.3) is 5.91 Å². The number of hydrogen-bond acceptors (Lipinski definition) is 5. The van der Waals surface area contributed by atoms with Crippen LogP contribution in [0.2, 0.25) is 0 Å². The summed E-state index contributed by atoms with van der Waals surface area (Å²) in [5.74, 6) is -1.95. The quantitative estimate of drug-likeness (QED) is 0.649. The van der Waals surface area contributed by atoms with E-state index < -0.39 is 23.5 Å². The monoisotopic (exact) mass is 289 g/mol. The van der Waals surface area contributed by atoms with Gasteiger partial charge in [-0.3, -0.25) is 14.4 Å². The van der Waals surface area contributed by atoms with Gasteiger partial charge in [0.05, 0.1) is 18.9 Å². The average Bonchev–Trinajstić information content (AvgIpc) is 2.51. The normalized spacial score (nSPS) is 27.5. The van der Waals surface area contributed by atoms with Gasteiger partial charge in [-0.2, -0.15) is 0 Å². The van der Waals surface area contributed by atoms with Gasteiger partial charge in [0.15, 0.2) is 0 Å². The third kappa shape index (κ3) is 2.61. The molecule has 0 aliphatic carbocycles. The van der Waals surface area contributed by atoms with Crippen molar-refractivity contribution in [3.05, 3.63) is 35.9 Å². The highest BCUT2D eigenvalue weighted by molar-refractivity contribution is 5.96. The highest BCUT2D eigenvalue weighted by Crippen LogP contribution is 2.34. The number of carbonyl (C=O) groups excluding carboxylic acids is 3. The lowest BCUT2D eigenvalue weighted by Crippen LogP contribution is -2.69. The van der Waals surface area contributed by atoms with Gasteiger partial charge < -0.3 is 14.8 Å². The molecule has 1 amide bonds. The Morgan fingerprint density at radius 2 is 2.10 bits per heavy atom. The van der Waals surface area contributed by atoms with Gasteiger partial charge in [-0.25, -0.2) is 0 Å². The van der Waals surface area contributed by atoms with Gasteiger partial charge in [-0.1, -0.05) is 30.3 Å². The van der Waals surface area contributed by atoms with E-state index in [1.165, 1.54) is 0 Å². The van der Waals surface area contributed by atoms with Gasteiger partial charge in [0.1, 0.15) is 6.61 Å². The highest BCUT2D eigenvalue weighted by atomic mass is 16.6. The summed E-state index contributed by atoms with van der Waals surface area (Å²) in [6.45, 7) is 0.421. The standard InChI is InChI=1S/C15H15NO5/c17-12-6-11(7-15(21-12)9-16-14(15)19)13(18)20-8-10-4-2-1-3-5-10/h1-5,11H,6-9H2,(H,16,19)/t11-,15-/m0/s1. The van der Waals surface area contributed by atoms with Crippen LogP contribution in [0.3, 0.4) is 0 Å². The molecule has 0 unspecified atom stereocenters. The number of carbonyl (C=O) groups is 3. The molecule has 2 aliphatic heterocycles. The Balaban J connectivity index is 1.61. The number of rotatable bonds is 3. The van der Waals surface area contributed by atoms with Crippen LogP contribution in [-0.4, -0.2) is 30.0 Å². The molecule has 1 spiro atoms. The summed E-state index contributed by atoms with van der Waals surface area (Å²) in [7, 11) is 0. The van der Waals surface area contributed by atoms with Crippen molar-refractivity contribution in [3.8, 4) is 0 Å². The zero-order valence-corrected chi connectivity index (χ0v) is 11.3. The first-order chi connectivity index (χ1) is 10.1. The molecule has 0 aromatic heterocycles. The molecule has 21 heavy (non-hydrogen) atoms. The molecule has 0 radical (unpaired) electrons. The molecule has 6 nitrogen and oxygen atoms in total. The van der Waals surface area contributed by atoms with E-state index in [0.717, 1.165) is 5.56 Å². The Bertz CT molecular complexity index is 585. The fraction of sp³-hybridized carbons (Fsp3) is 0.400. The molecular formula is C15H15NO5. The molecule has 2 heterocycles. The van der Waals surface area contributed by atoms with Crippen LogP contribution < -0.4 is 5.32 Å². The van der Waals surface area contributed by atoms with Gasteiger partial charge >= 0.3 is 11.9 Å². The second-order valence-electron chi connectivity index (χ2n) is 5.35. The predicted octanol–water partition coefficient (Wildman–Crippen LogP) is 0.552. The van der Waals surface area contributed by atoms with Crippen molar-refractivity contribution in [3.63, 3.8) is 0 Å². The molecule has 2 fully saturated rings. The molecule has 2 aliphatic rings. The average molecular weight is 289 g/mol. The summed E-state index contributed by atoms with van der Waals surface area (Å²) in [5, 5.41) is 2.54. The van der Waals surface area contributed by atoms with Crippen LogP contribution in [0.5, 0.6) is 0 Å². The number of nitrogens with one attached hydrogen (secondary N) is 1. The smallest absolute Gasteiger partial charge is 0.310 e. The van der Waals surface area contributed by atoms with Crippen LogP contribution in [-0.2, 0) is 30.5 Å². The summed E-state index contributed by atoms with van der Waals surface area (Å²) >= 11 is 0. The van der Waals surface area contributed by atoms with E-state index in [-0.39, 0.29) is 31.9 Å². The van der Waals surface area contributed by atoms with Crippen molar-refractivity contribution in [1.82, 2.24) is 5.32 Å². The van der Waals surface area contributed by atoms with Crippen LogP contribution in [0, 0.1) is 5.92 Å². The maximum atomic E-state index is 12.1. The topological polar surface area (TPSA) is 81.7 Å². The minimum absolute atomic E-state index is 0.0390. The maximum absolute atomic E-state index is 12.1. The Morgan fingerprint density at radius 3 is 2.71 bits per heavy atom. The fourth-order valence-corrected chi connectivity index (χ4v) is 2.59. The number of amides is 1. The number of benzene rings is 1. The minimum atomic E-state index is -1.16. The summed E-state index contributed by atoms with van der Waals surface area (Å²) < 4.78 is 10.3. The molecule has 0 bridgehead atoms. The maximum Gasteiger partial charge on any atom is 0.310 e. The van der Waals surface area contributed by atoms with Gasteiger partial charge in [0, 0.05) is 6.42 Å². The van der Waals surface area contributed by atoms with E-state index in [1.807, 2.05) is 30.3 Å². The number of β-lactam (4-membered cyclic amide) rings is 1. The Morgan fingerprint density at radius 1 is 1.33 bits per heavy atom. The fourth-order valence-electron chi connectivity index (χ4n) is 2.59. The lowest BCUT2D eigenvalue weighted by atomic mass is 9.81. The van der Waals surface area contributed by atoms with E-state index in [4.69, 9.17) is 9.47 Å². The Labute approximate surface area is 121 Å². The molecule has 2 atom stereocenters. The first-order valence-electron chi connectivity index (χ1n) is 6.80. The molecule has 1 aromatic rings. The van der Waals surface area contributed by atoms with E-state index in [9.17, 15) is 14.4 Å². The molecule has 110 valence electrons. The van der Waals surface area contributed by atoms with E-state index >= 15 is 0 Å². The van der Waals surface area contributed by atoms with Gasteiger partial charge in [0.2, 0.25) is 5.60 Å². The zero-order chi connectivity index (χ0) is 14.9. The number of ether oxygens (including phenoxy) is 2. The molecular weight excluding hydrogens is 274 g/mol. The molecule has 1 aromatic carbocycles.